The van der Waals surface area contributed by atoms with E-state index < -0.39 is 0 Å². The highest BCUT2D eigenvalue weighted by atomic mass is 32.1. The van der Waals surface area contributed by atoms with Crippen molar-refractivity contribution in [3.8, 4) is 5.75 Å². The van der Waals surface area contributed by atoms with Gasteiger partial charge in [-0.05, 0) is 61.9 Å². The summed E-state index contributed by atoms with van der Waals surface area (Å²) in [5.41, 5.74) is 5.29. The van der Waals surface area contributed by atoms with E-state index in [4.69, 9.17) is 4.74 Å². The lowest BCUT2D eigenvalue weighted by Gasteiger charge is -2.35. The third-order valence-corrected chi connectivity index (χ3v) is 7.38. The summed E-state index contributed by atoms with van der Waals surface area (Å²) in [6.45, 7) is 4.96. The summed E-state index contributed by atoms with van der Waals surface area (Å²) in [4.78, 5) is 20.4. The van der Waals surface area contributed by atoms with Gasteiger partial charge in [-0.3, -0.25) is 9.78 Å². The maximum atomic E-state index is 12.4. The van der Waals surface area contributed by atoms with Crippen LogP contribution in [0.15, 0.2) is 60.2 Å². The predicted molar refractivity (Wildman–Crippen MR) is 144 cm³/mol. The molecule has 1 aliphatic heterocycles. The molecule has 6 nitrogen and oxygen atoms in total. The largest absolute Gasteiger partial charge is 0.496 e. The molecule has 2 N–H and O–H groups in total. The van der Waals surface area contributed by atoms with Crippen molar-refractivity contribution in [1.82, 2.24) is 15.6 Å². The van der Waals surface area contributed by atoms with E-state index in [0.29, 0.717) is 25.0 Å². The minimum Gasteiger partial charge on any atom is -0.496 e. The number of carbonyl (C=O) groups is 1. The molecule has 3 aromatic rings. The molecule has 1 saturated heterocycles. The molecule has 35 heavy (non-hydrogen) atoms. The average molecular weight is 493 g/mol. The van der Waals surface area contributed by atoms with Gasteiger partial charge in [0.1, 0.15) is 5.75 Å². The SMILES string of the molecule is COc1ccccc1CCNC(=O)Cc1ccc(N2CCC(N[C@H](C)Cc3cncs3)CC2)cc1. The van der Waals surface area contributed by atoms with Crippen molar-refractivity contribution in [1.29, 1.82) is 0 Å². The third kappa shape index (κ3) is 7.54. The second-order valence-electron chi connectivity index (χ2n) is 9.26. The predicted octanol–water partition coefficient (Wildman–Crippen LogP) is 4.24. The summed E-state index contributed by atoms with van der Waals surface area (Å²) in [5, 5.41) is 6.82. The number of hydrogen-bond acceptors (Lipinski definition) is 6. The monoisotopic (exact) mass is 492 g/mol. The molecular weight excluding hydrogens is 456 g/mol. The van der Waals surface area contributed by atoms with Crippen LogP contribution in [0, 0.1) is 0 Å². The normalized spacial score (nSPS) is 15.1. The molecule has 1 amide bonds. The van der Waals surface area contributed by atoms with Crippen molar-refractivity contribution in [3.63, 3.8) is 0 Å². The first kappa shape index (κ1) is 25.2. The molecule has 186 valence electrons. The van der Waals surface area contributed by atoms with E-state index in [0.717, 1.165) is 55.6 Å². The van der Waals surface area contributed by atoms with Gasteiger partial charge < -0.3 is 20.3 Å². The molecule has 0 unspecified atom stereocenters. The Morgan fingerprint density at radius 3 is 2.66 bits per heavy atom. The van der Waals surface area contributed by atoms with Crippen molar-refractivity contribution >= 4 is 22.9 Å². The van der Waals surface area contributed by atoms with Crippen LogP contribution < -0.4 is 20.3 Å². The Bertz CT molecular complexity index is 1050. The highest BCUT2D eigenvalue weighted by Gasteiger charge is 2.21. The van der Waals surface area contributed by atoms with Gasteiger partial charge >= 0.3 is 0 Å². The topological polar surface area (TPSA) is 66.5 Å². The Morgan fingerprint density at radius 2 is 1.94 bits per heavy atom. The van der Waals surface area contributed by atoms with Crippen molar-refractivity contribution in [2.24, 2.45) is 0 Å². The number of hydrogen-bond donors (Lipinski definition) is 2. The smallest absolute Gasteiger partial charge is 0.224 e. The van der Waals surface area contributed by atoms with Crippen molar-refractivity contribution < 1.29 is 9.53 Å². The van der Waals surface area contributed by atoms with Crippen LogP contribution in [0.2, 0.25) is 0 Å². The summed E-state index contributed by atoms with van der Waals surface area (Å²) >= 11 is 1.73. The maximum Gasteiger partial charge on any atom is 0.224 e. The van der Waals surface area contributed by atoms with Crippen LogP contribution in [0.4, 0.5) is 5.69 Å². The standard InChI is InChI=1S/C28H36N4O2S/c1-21(17-26-19-29-20-35-26)31-24-12-15-32(16-13-24)25-9-7-22(8-10-25)18-28(33)30-14-11-23-5-3-4-6-27(23)34-2/h3-10,19-21,24,31H,11-18H2,1-2H3,(H,30,33)/t21-/m1/s1. The van der Waals surface area contributed by atoms with Crippen LogP contribution in [0.25, 0.3) is 0 Å². The van der Waals surface area contributed by atoms with Crippen molar-refractivity contribution in [3.05, 3.63) is 76.2 Å². The zero-order chi connectivity index (χ0) is 24.5. The first-order valence-electron chi connectivity index (χ1n) is 12.5. The van der Waals surface area contributed by atoms with Crippen molar-refractivity contribution in [2.45, 2.75) is 51.1 Å². The Morgan fingerprint density at radius 1 is 1.17 bits per heavy atom. The first-order chi connectivity index (χ1) is 17.1. The van der Waals surface area contributed by atoms with E-state index in [1.54, 1.807) is 18.4 Å². The van der Waals surface area contributed by atoms with Gasteiger partial charge in [0.2, 0.25) is 5.91 Å². The lowest BCUT2D eigenvalue weighted by molar-refractivity contribution is -0.120. The Hall–Kier alpha value is -2.90. The molecule has 0 spiro atoms. The number of nitrogens with one attached hydrogen (secondary N) is 2. The van der Waals surface area contributed by atoms with E-state index in [2.05, 4.69) is 51.7 Å². The van der Waals surface area contributed by atoms with Gasteiger partial charge in [-0.2, -0.15) is 0 Å². The quantitative estimate of drug-likeness (QED) is 0.419. The number of piperidine rings is 1. The highest BCUT2D eigenvalue weighted by Crippen LogP contribution is 2.22. The van der Waals surface area contributed by atoms with E-state index in [-0.39, 0.29) is 5.91 Å². The fourth-order valence-electron chi connectivity index (χ4n) is 4.73. The number of nitrogens with zero attached hydrogens (tertiary/aromatic N) is 2. The molecule has 1 aliphatic rings. The average Bonchev–Trinajstić information content (AvgIpc) is 3.38. The fraction of sp³-hybridized carbons (Fsp3) is 0.429. The zero-order valence-corrected chi connectivity index (χ0v) is 21.5. The molecule has 7 heteroatoms. The summed E-state index contributed by atoms with van der Waals surface area (Å²) < 4.78 is 5.38. The molecule has 0 saturated carbocycles. The van der Waals surface area contributed by atoms with Gasteiger partial charge in [0, 0.05) is 48.5 Å². The molecule has 0 radical (unpaired) electrons. The van der Waals surface area contributed by atoms with E-state index in [9.17, 15) is 4.79 Å². The van der Waals surface area contributed by atoms with Crippen LogP contribution >= 0.6 is 11.3 Å². The molecule has 1 fully saturated rings. The summed E-state index contributed by atoms with van der Waals surface area (Å²) in [5.74, 6) is 0.912. The van der Waals surface area contributed by atoms with Crippen molar-refractivity contribution in [2.75, 3.05) is 31.6 Å². The molecule has 4 rings (SSSR count). The number of para-hydroxylation sites is 1. The minimum atomic E-state index is 0.0481. The van der Waals surface area contributed by atoms with Crippen LogP contribution in [0.3, 0.4) is 0 Å². The Labute approximate surface area is 212 Å². The summed E-state index contributed by atoms with van der Waals surface area (Å²) in [6, 6.07) is 17.4. The van der Waals surface area contributed by atoms with Gasteiger partial charge in [-0.25, -0.2) is 0 Å². The zero-order valence-electron chi connectivity index (χ0n) is 20.7. The number of thiazole rings is 1. The minimum absolute atomic E-state index is 0.0481. The lowest BCUT2D eigenvalue weighted by atomic mass is 10.0. The van der Waals surface area contributed by atoms with Crippen LogP contribution in [-0.2, 0) is 24.1 Å². The van der Waals surface area contributed by atoms with E-state index in [1.165, 1.54) is 10.6 Å². The van der Waals surface area contributed by atoms with Gasteiger partial charge in [0.05, 0.1) is 19.0 Å². The molecular formula is C28H36N4O2S. The highest BCUT2D eigenvalue weighted by molar-refractivity contribution is 7.09. The molecule has 0 bridgehead atoms. The third-order valence-electron chi connectivity index (χ3n) is 6.58. The van der Waals surface area contributed by atoms with E-state index in [1.807, 2.05) is 36.0 Å². The molecule has 1 aromatic heterocycles. The Kier molecular flexibility index (Phi) is 9.15. The number of benzene rings is 2. The summed E-state index contributed by atoms with van der Waals surface area (Å²) in [7, 11) is 1.67. The number of anilines is 1. The lowest BCUT2D eigenvalue weighted by Crippen LogP contribution is -2.46. The molecule has 2 heterocycles. The molecule has 1 atom stereocenters. The molecule has 0 aliphatic carbocycles. The van der Waals surface area contributed by atoms with Gasteiger partial charge in [0.15, 0.2) is 0 Å². The van der Waals surface area contributed by atoms with Gasteiger partial charge in [-0.15, -0.1) is 11.3 Å². The second kappa shape index (κ2) is 12.7. The summed E-state index contributed by atoms with van der Waals surface area (Å²) in [6.07, 6.45) is 6.45. The van der Waals surface area contributed by atoms with E-state index >= 15 is 0 Å². The second-order valence-corrected chi connectivity index (χ2v) is 10.2. The van der Waals surface area contributed by atoms with Crippen LogP contribution in [0.1, 0.15) is 35.8 Å². The number of carbonyl (C=O) groups excluding carboxylic acids is 1. The van der Waals surface area contributed by atoms with Crippen LogP contribution in [-0.4, -0.2) is 49.7 Å². The number of rotatable bonds is 11. The first-order valence-corrected chi connectivity index (χ1v) is 13.3. The Balaban J connectivity index is 1.17. The van der Waals surface area contributed by atoms with Gasteiger partial charge in [-0.1, -0.05) is 30.3 Å². The number of methoxy groups -OCH3 is 1. The van der Waals surface area contributed by atoms with Gasteiger partial charge in [0.25, 0.3) is 0 Å². The van der Waals surface area contributed by atoms with Crippen LogP contribution in [0.5, 0.6) is 5.75 Å². The maximum absolute atomic E-state index is 12.4. The fourth-order valence-corrected chi connectivity index (χ4v) is 5.45. The molecule has 2 aromatic carbocycles. The number of aromatic nitrogens is 1. The number of ether oxygens (including phenoxy) is 1. The number of amides is 1.